The minimum Gasteiger partial charge on any atom is -0.336 e. The van der Waals surface area contributed by atoms with Crippen LogP contribution in [0.15, 0.2) is 29.4 Å². The van der Waals surface area contributed by atoms with Crippen LogP contribution in [0.5, 0.6) is 0 Å². The molecule has 1 aliphatic rings. The highest BCUT2D eigenvalue weighted by atomic mass is 32.2. The summed E-state index contributed by atoms with van der Waals surface area (Å²) in [5, 5.41) is 11.6. The summed E-state index contributed by atoms with van der Waals surface area (Å²) in [6.07, 6.45) is 3.18. The van der Waals surface area contributed by atoms with Crippen LogP contribution in [0, 0.1) is 0 Å². The summed E-state index contributed by atoms with van der Waals surface area (Å²) in [5.74, 6) is 7.41. The van der Waals surface area contributed by atoms with Gasteiger partial charge in [-0.1, -0.05) is 30.8 Å². The van der Waals surface area contributed by atoms with Gasteiger partial charge in [0.05, 0.1) is 5.75 Å². The quantitative estimate of drug-likeness (QED) is 0.630. The van der Waals surface area contributed by atoms with E-state index < -0.39 is 0 Å². The molecule has 1 aliphatic carbocycles. The number of hydrogen-bond donors (Lipinski definition) is 2. The zero-order valence-electron chi connectivity index (χ0n) is 12.5. The molecule has 3 N–H and O–H groups in total. The molecular weight excluding hydrogens is 298 g/mol. The van der Waals surface area contributed by atoms with Gasteiger partial charge in [0, 0.05) is 11.6 Å². The first-order chi connectivity index (χ1) is 10.7. The van der Waals surface area contributed by atoms with Gasteiger partial charge in [-0.25, -0.2) is 4.68 Å². The zero-order valence-corrected chi connectivity index (χ0v) is 13.3. The first kappa shape index (κ1) is 14.9. The van der Waals surface area contributed by atoms with Gasteiger partial charge in [0.1, 0.15) is 0 Å². The van der Waals surface area contributed by atoms with Crippen molar-refractivity contribution in [3.05, 3.63) is 35.7 Å². The van der Waals surface area contributed by atoms with Crippen molar-refractivity contribution >= 4 is 23.4 Å². The zero-order chi connectivity index (χ0) is 15.5. The number of hydrogen-bond acceptors (Lipinski definition) is 5. The molecule has 1 saturated carbocycles. The average molecular weight is 317 g/mol. The molecule has 0 bridgehead atoms. The Morgan fingerprint density at radius 2 is 2.27 bits per heavy atom. The molecule has 1 aromatic heterocycles. The van der Waals surface area contributed by atoms with E-state index in [2.05, 4.69) is 22.4 Å². The van der Waals surface area contributed by atoms with Gasteiger partial charge < -0.3 is 11.2 Å². The SMILES string of the molecule is CCc1cccc(NC(=O)CSc2nnc(C3CC3)n2N)c1. The highest BCUT2D eigenvalue weighted by Gasteiger charge is 2.29. The summed E-state index contributed by atoms with van der Waals surface area (Å²) in [7, 11) is 0. The summed E-state index contributed by atoms with van der Waals surface area (Å²) in [5.41, 5.74) is 2.01. The predicted octanol–water partition coefficient (Wildman–Crippen LogP) is 2.16. The van der Waals surface area contributed by atoms with Crippen LogP contribution < -0.4 is 11.2 Å². The number of nitrogen functional groups attached to an aromatic ring is 1. The van der Waals surface area contributed by atoms with Crippen LogP contribution in [0.1, 0.15) is 37.1 Å². The lowest BCUT2D eigenvalue weighted by Gasteiger charge is -2.06. The van der Waals surface area contributed by atoms with E-state index >= 15 is 0 Å². The molecule has 116 valence electrons. The second-order valence-corrected chi connectivity index (χ2v) is 6.32. The first-order valence-corrected chi connectivity index (χ1v) is 8.38. The predicted molar refractivity (Wildman–Crippen MR) is 87.3 cm³/mol. The number of aromatic nitrogens is 3. The molecular formula is C15H19N5OS. The minimum atomic E-state index is -0.0748. The fourth-order valence-corrected chi connectivity index (χ4v) is 2.87. The average Bonchev–Trinajstić information content (AvgIpc) is 3.29. The van der Waals surface area contributed by atoms with Gasteiger partial charge in [-0.05, 0) is 37.0 Å². The largest absolute Gasteiger partial charge is 0.336 e. The molecule has 1 aromatic carbocycles. The van der Waals surface area contributed by atoms with E-state index in [1.54, 1.807) is 0 Å². The van der Waals surface area contributed by atoms with Crippen LogP contribution in [0.2, 0.25) is 0 Å². The number of nitrogens with two attached hydrogens (primary N) is 1. The van der Waals surface area contributed by atoms with Crippen LogP contribution in [-0.2, 0) is 11.2 Å². The highest BCUT2D eigenvalue weighted by Crippen LogP contribution is 2.39. The molecule has 1 fully saturated rings. The number of benzene rings is 1. The van der Waals surface area contributed by atoms with E-state index in [0.29, 0.717) is 11.1 Å². The molecule has 0 aliphatic heterocycles. The molecule has 0 atom stereocenters. The van der Waals surface area contributed by atoms with Crippen LogP contribution in [0.25, 0.3) is 0 Å². The number of carbonyl (C=O) groups excluding carboxylic acids is 1. The summed E-state index contributed by atoms with van der Waals surface area (Å²) in [6, 6.07) is 7.86. The van der Waals surface area contributed by atoms with Crippen molar-refractivity contribution in [1.82, 2.24) is 14.9 Å². The fraction of sp³-hybridized carbons (Fsp3) is 0.400. The lowest BCUT2D eigenvalue weighted by molar-refractivity contribution is -0.113. The van der Waals surface area contributed by atoms with Gasteiger partial charge in [0.2, 0.25) is 11.1 Å². The van der Waals surface area contributed by atoms with E-state index in [1.165, 1.54) is 22.0 Å². The number of anilines is 1. The van der Waals surface area contributed by atoms with E-state index in [0.717, 1.165) is 30.8 Å². The Hall–Kier alpha value is -2.02. The van der Waals surface area contributed by atoms with Gasteiger partial charge in [-0.15, -0.1) is 10.2 Å². The van der Waals surface area contributed by atoms with Crippen molar-refractivity contribution in [2.45, 2.75) is 37.3 Å². The first-order valence-electron chi connectivity index (χ1n) is 7.39. The van der Waals surface area contributed by atoms with Crippen LogP contribution in [0.4, 0.5) is 5.69 Å². The number of carbonyl (C=O) groups is 1. The van der Waals surface area contributed by atoms with E-state index in [9.17, 15) is 4.79 Å². The topological polar surface area (TPSA) is 85.8 Å². The summed E-state index contributed by atoms with van der Waals surface area (Å²) < 4.78 is 1.51. The van der Waals surface area contributed by atoms with Gasteiger partial charge in [-0.3, -0.25) is 4.79 Å². The molecule has 6 nitrogen and oxygen atoms in total. The van der Waals surface area contributed by atoms with Crippen molar-refractivity contribution in [1.29, 1.82) is 0 Å². The molecule has 0 saturated heterocycles. The maximum atomic E-state index is 12.0. The Bertz CT molecular complexity index is 680. The molecule has 0 unspecified atom stereocenters. The van der Waals surface area contributed by atoms with Crippen molar-refractivity contribution in [3.63, 3.8) is 0 Å². The van der Waals surface area contributed by atoms with Crippen LogP contribution in [0.3, 0.4) is 0 Å². The lowest BCUT2D eigenvalue weighted by atomic mass is 10.1. The van der Waals surface area contributed by atoms with E-state index in [4.69, 9.17) is 5.84 Å². The van der Waals surface area contributed by atoms with Crippen molar-refractivity contribution in [2.24, 2.45) is 0 Å². The third kappa shape index (κ3) is 3.41. The van der Waals surface area contributed by atoms with E-state index in [-0.39, 0.29) is 11.7 Å². The summed E-state index contributed by atoms with van der Waals surface area (Å²) >= 11 is 1.30. The van der Waals surface area contributed by atoms with Gasteiger partial charge in [0.25, 0.3) is 0 Å². The van der Waals surface area contributed by atoms with Crippen molar-refractivity contribution < 1.29 is 4.79 Å². The number of thioether (sulfide) groups is 1. The lowest BCUT2D eigenvalue weighted by Crippen LogP contribution is -2.17. The molecule has 1 amide bonds. The summed E-state index contributed by atoms with van der Waals surface area (Å²) in [4.78, 5) is 12.0. The third-order valence-corrected chi connectivity index (χ3v) is 4.53. The second-order valence-electron chi connectivity index (χ2n) is 5.38. The van der Waals surface area contributed by atoms with Crippen LogP contribution >= 0.6 is 11.8 Å². The number of rotatable bonds is 6. The highest BCUT2D eigenvalue weighted by molar-refractivity contribution is 7.99. The molecule has 0 spiro atoms. The number of nitrogens with one attached hydrogen (secondary N) is 1. The smallest absolute Gasteiger partial charge is 0.234 e. The fourth-order valence-electron chi connectivity index (χ4n) is 2.20. The Labute approximate surface area is 133 Å². The van der Waals surface area contributed by atoms with Gasteiger partial charge in [-0.2, -0.15) is 0 Å². The Morgan fingerprint density at radius 3 is 3.00 bits per heavy atom. The number of amides is 1. The molecule has 0 radical (unpaired) electrons. The standard InChI is InChI=1S/C15H19N5OS/c1-2-10-4-3-5-12(8-10)17-13(21)9-22-15-19-18-14(20(15)16)11-6-7-11/h3-5,8,11H,2,6-7,9,16H2,1H3,(H,17,21). The molecule has 3 rings (SSSR count). The normalized spacial score (nSPS) is 14.0. The summed E-state index contributed by atoms with van der Waals surface area (Å²) in [6.45, 7) is 2.09. The Balaban J connectivity index is 1.55. The Kier molecular flexibility index (Phi) is 4.33. The van der Waals surface area contributed by atoms with Crippen molar-refractivity contribution in [3.8, 4) is 0 Å². The van der Waals surface area contributed by atoms with Crippen LogP contribution in [-0.4, -0.2) is 26.5 Å². The van der Waals surface area contributed by atoms with Gasteiger partial charge in [0.15, 0.2) is 5.82 Å². The monoisotopic (exact) mass is 317 g/mol. The maximum Gasteiger partial charge on any atom is 0.234 e. The van der Waals surface area contributed by atoms with E-state index in [1.807, 2.05) is 24.3 Å². The molecule has 2 aromatic rings. The number of aryl methyl sites for hydroxylation is 1. The molecule has 22 heavy (non-hydrogen) atoms. The Morgan fingerprint density at radius 1 is 1.45 bits per heavy atom. The molecule has 7 heteroatoms. The maximum absolute atomic E-state index is 12.0. The van der Waals surface area contributed by atoms with Gasteiger partial charge >= 0.3 is 0 Å². The minimum absolute atomic E-state index is 0.0748. The van der Waals surface area contributed by atoms with Crippen molar-refractivity contribution in [2.75, 3.05) is 16.9 Å². The third-order valence-electron chi connectivity index (χ3n) is 3.58. The molecule has 1 heterocycles. The second kappa shape index (κ2) is 6.39. The number of nitrogens with zero attached hydrogens (tertiary/aromatic N) is 3.